The maximum absolute atomic E-state index is 12.4. The summed E-state index contributed by atoms with van der Waals surface area (Å²) in [6.07, 6.45) is -1.77. The number of hydrogen-bond donors (Lipinski definition) is 7. The number of rotatable bonds is 12. The molecule has 0 saturated heterocycles. The third-order valence-electron chi connectivity index (χ3n) is 4.05. The van der Waals surface area contributed by atoms with Gasteiger partial charge < -0.3 is 37.0 Å². The van der Waals surface area contributed by atoms with Gasteiger partial charge in [0.1, 0.15) is 12.1 Å². The molecule has 166 valence electrons. The lowest BCUT2D eigenvalue weighted by Crippen LogP contribution is -2.59. The molecule has 0 aromatic carbocycles. The molecule has 0 bridgehead atoms. The second-order valence-electron chi connectivity index (χ2n) is 7.06. The second-order valence-corrected chi connectivity index (χ2v) is 7.06. The van der Waals surface area contributed by atoms with Gasteiger partial charge in [0, 0.05) is 6.42 Å². The number of carbonyl (C=O) groups is 5. The molecule has 0 aliphatic heterocycles. The van der Waals surface area contributed by atoms with Crippen LogP contribution in [0.15, 0.2) is 0 Å². The number of carbonyl (C=O) groups excluding carboxylic acids is 3. The summed E-state index contributed by atoms with van der Waals surface area (Å²) in [5.74, 6) is -5.22. The molecule has 8 N–H and O–H groups in total. The molecule has 0 heterocycles. The molecule has 29 heavy (non-hydrogen) atoms. The first kappa shape index (κ1) is 26.3. The molecule has 0 saturated carbocycles. The van der Waals surface area contributed by atoms with E-state index < -0.39 is 65.8 Å². The Bertz CT molecular complexity index is 623. The van der Waals surface area contributed by atoms with E-state index in [1.54, 1.807) is 13.8 Å². The van der Waals surface area contributed by atoms with Crippen LogP contribution in [0.1, 0.15) is 40.5 Å². The third kappa shape index (κ3) is 9.34. The van der Waals surface area contributed by atoms with Crippen molar-refractivity contribution in [3.63, 3.8) is 0 Å². The highest BCUT2D eigenvalue weighted by atomic mass is 16.4. The van der Waals surface area contributed by atoms with E-state index >= 15 is 0 Å². The molecule has 0 aliphatic carbocycles. The van der Waals surface area contributed by atoms with Crippen molar-refractivity contribution in [2.75, 3.05) is 0 Å². The van der Waals surface area contributed by atoms with Gasteiger partial charge in [-0.05, 0) is 26.2 Å². The van der Waals surface area contributed by atoms with Crippen LogP contribution in [0.3, 0.4) is 0 Å². The van der Waals surface area contributed by atoms with E-state index in [4.69, 9.17) is 15.9 Å². The number of nitrogens with one attached hydrogen (secondary N) is 3. The van der Waals surface area contributed by atoms with Gasteiger partial charge in [0.05, 0.1) is 12.1 Å². The number of aliphatic hydroxyl groups is 1. The second kappa shape index (κ2) is 12.0. The number of amides is 3. The van der Waals surface area contributed by atoms with E-state index in [0.717, 1.165) is 0 Å². The normalized spacial score (nSPS) is 16.1. The summed E-state index contributed by atoms with van der Waals surface area (Å²) in [7, 11) is 0. The van der Waals surface area contributed by atoms with Gasteiger partial charge >= 0.3 is 11.9 Å². The fourth-order valence-electron chi connectivity index (χ4n) is 2.24. The summed E-state index contributed by atoms with van der Waals surface area (Å²) in [6, 6.07) is -4.87. The van der Waals surface area contributed by atoms with E-state index in [0.29, 0.717) is 0 Å². The Labute approximate surface area is 168 Å². The van der Waals surface area contributed by atoms with E-state index in [2.05, 4.69) is 16.0 Å². The largest absolute Gasteiger partial charge is 0.481 e. The standard InChI is InChI=1S/C17H30N4O8/c1-7(2)12(16(27)21-13(9(4)22)17(28)29)20-14(25)8(3)19-15(26)10(18)5-6-11(23)24/h7-10,12-13,22H,5-6,18H2,1-4H3,(H,19,26)(H,20,25)(H,21,27)(H,23,24)(H,28,29). The third-order valence-corrected chi connectivity index (χ3v) is 4.05. The van der Waals surface area contributed by atoms with E-state index in [1.165, 1.54) is 13.8 Å². The Morgan fingerprint density at radius 2 is 1.34 bits per heavy atom. The van der Waals surface area contributed by atoms with Crippen LogP contribution in [-0.4, -0.2) is 75.3 Å². The van der Waals surface area contributed by atoms with Crippen LogP contribution >= 0.6 is 0 Å². The smallest absolute Gasteiger partial charge is 0.328 e. The molecule has 0 aliphatic rings. The maximum atomic E-state index is 12.4. The number of aliphatic hydroxyl groups excluding tert-OH is 1. The van der Waals surface area contributed by atoms with Gasteiger partial charge in [-0.1, -0.05) is 13.8 Å². The minimum Gasteiger partial charge on any atom is -0.481 e. The van der Waals surface area contributed by atoms with Crippen molar-refractivity contribution in [3.05, 3.63) is 0 Å². The van der Waals surface area contributed by atoms with Crippen LogP contribution in [-0.2, 0) is 24.0 Å². The van der Waals surface area contributed by atoms with Crippen molar-refractivity contribution in [3.8, 4) is 0 Å². The minimum atomic E-state index is -1.55. The average molecular weight is 418 g/mol. The summed E-state index contributed by atoms with van der Waals surface area (Å²) in [5, 5.41) is 34.0. The average Bonchev–Trinajstić information content (AvgIpc) is 2.60. The Hall–Kier alpha value is -2.73. The van der Waals surface area contributed by atoms with Crippen LogP contribution in [0.2, 0.25) is 0 Å². The molecular weight excluding hydrogens is 388 g/mol. The molecule has 5 unspecified atom stereocenters. The van der Waals surface area contributed by atoms with Crippen LogP contribution < -0.4 is 21.7 Å². The molecule has 0 aromatic heterocycles. The molecule has 0 rings (SSSR count). The Morgan fingerprint density at radius 1 is 0.828 bits per heavy atom. The highest BCUT2D eigenvalue weighted by molar-refractivity contribution is 5.94. The predicted octanol–water partition coefficient (Wildman–Crippen LogP) is -2.23. The van der Waals surface area contributed by atoms with Crippen LogP contribution in [0.4, 0.5) is 0 Å². The van der Waals surface area contributed by atoms with Gasteiger partial charge in [-0.2, -0.15) is 0 Å². The molecule has 3 amide bonds. The van der Waals surface area contributed by atoms with Gasteiger partial charge in [-0.3, -0.25) is 19.2 Å². The Kier molecular flexibility index (Phi) is 10.8. The van der Waals surface area contributed by atoms with E-state index in [1.807, 2.05) is 0 Å². The zero-order chi connectivity index (χ0) is 22.9. The van der Waals surface area contributed by atoms with Gasteiger partial charge in [0.15, 0.2) is 6.04 Å². The van der Waals surface area contributed by atoms with Crippen molar-refractivity contribution in [1.82, 2.24) is 16.0 Å². The molecule has 5 atom stereocenters. The van der Waals surface area contributed by atoms with Crippen molar-refractivity contribution in [2.45, 2.75) is 70.8 Å². The fraction of sp³-hybridized carbons (Fsp3) is 0.706. The monoisotopic (exact) mass is 418 g/mol. The zero-order valence-electron chi connectivity index (χ0n) is 16.8. The lowest BCUT2D eigenvalue weighted by atomic mass is 10.0. The minimum absolute atomic E-state index is 0.109. The quantitative estimate of drug-likeness (QED) is 0.183. The first-order valence-corrected chi connectivity index (χ1v) is 9.07. The highest BCUT2D eigenvalue weighted by Crippen LogP contribution is 2.05. The van der Waals surface area contributed by atoms with Gasteiger partial charge in [0.2, 0.25) is 17.7 Å². The number of carboxylic acid groups (broad SMARTS) is 2. The van der Waals surface area contributed by atoms with Gasteiger partial charge in [-0.15, -0.1) is 0 Å². The van der Waals surface area contributed by atoms with Gasteiger partial charge in [0.25, 0.3) is 0 Å². The van der Waals surface area contributed by atoms with E-state index in [-0.39, 0.29) is 12.8 Å². The van der Waals surface area contributed by atoms with Crippen LogP contribution in [0.5, 0.6) is 0 Å². The van der Waals surface area contributed by atoms with Crippen LogP contribution in [0, 0.1) is 5.92 Å². The lowest BCUT2D eigenvalue weighted by Gasteiger charge is -2.26. The van der Waals surface area contributed by atoms with Crippen molar-refractivity contribution >= 4 is 29.7 Å². The molecule has 12 heteroatoms. The molecule has 0 spiro atoms. The van der Waals surface area contributed by atoms with Crippen molar-refractivity contribution < 1.29 is 39.3 Å². The fourth-order valence-corrected chi connectivity index (χ4v) is 2.24. The van der Waals surface area contributed by atoms with Gasteiger partial charge in [-0.25, -0.2) is 4.79 Å². The number of aliphatic carboxylic acids is 2. The van der Waals surface area contributed by atoms with Crippen molar-refractivity contribution in [1.29, 1.82) is 0 Å². The Morgan fingerprint density at radius 3 is 1.76 bits per heavy atom. The Balaban J connectivity index is 4.96. The van der Waals surface area contributed by atoms with E-state index in [9.17, 15) is 29.1 Å². The summed E-state index contributed by atoms with van der Waals surface area (Å²) in [4.78, 5) is 58.3. The summed E-state index contributed by atoms with van der Waals surface area (Å²) < 4.78 is 0. The summed E-state index contributed by atoms with van der Waals surface area (Å²) in [5.41, 5.74) is 5.57. The zero-order valence-corrected chi connectivity index (χ0v) is 16.8. The molecule has 0 aromatic rings. The number of carboxylic acids is 2. The maximum Gasteiger partial charge on any atom is 0.328 e. The molecule has 0 radical (unpaired) electrons. The first-order valence-electron chi connectivity index (χ1n) is 9.07. The molecule has 12 nitrogen and oxygen atoms in total. The number of nitrogens with two attached hydrogens (primary N) is 1. The number of hydrogen-bond acceptors (Lipinski definition) is 7. The summed E-state index contributed by atoms with van der Waals surface area (Å²) in [6.45, 7) is 5.79. The lowest BCUT2D eigenvalue weighted by molar-refractivity contribution is -0.145. The molecular formula is C17H30N4O8. The van der Waals surface area contributed by atoms with Crippen molar-refractivity contribution in [2.24, 2.45) is 11.7 Å². The topological polar surface area (TPSA) is 208 Å². The van der Waals surface area contributed by atoms with Crippen LogP contribution in [0.25, 0.3) is 0 Å². The summed E-state index contributed by atoms with van der Waals surface area (Å²) >= 11 is 0. The SMILES string of the molecule is CC(NC(=O)C(N)CCC(=O)O)C(=O)NC(C(=O)NC(C(=O)O)C(C)O)C(C)C. The molecule has 0 fully saturated rings. The first-order chi connectivity index (χ1) is 13.3. The highest BCUT2D eigenvalue weighted by Gasteiger charge is 2.32. The predicted molar refractivity (Wildman–Crippen MR) is 100 cm³/mol.